The minimum Gasteiger partial charge on any atom is -0.399 e. The van der Waals surface area contributed by atoms with Gasteiger partial charge in [-0.1, -0.05) is 24.3 Å². The van der Waals surface area contributed by atoms with Crippen LogP contribution in [-0.4, -0.2) is 12.5 Å². The smallest absolute Gasteiger partial charge is 0.399 e. The van der Waals surface area contributed by atoms with Crippen LogP contribution < -0.4 is 11.1 Å². The zero-order valence-corrected chi connectivity index (χ0v) is 14.1. The van der Waals surface area contributed by atoms with E-state index in [2.05, 4.69) is 5.32 Å². The summed E-state index contributed by atoms with van der Waals surface area (Å²) in [6, 6.07) is 11.9. The van der Waals surface area contributed by atoms with E-state index in [0.717, 1.165) is 18.9 Å². The van der Waals surface area contributed by atoms with Crippen molar-refractivity contribution < 1.29 is 18.0 Å². The van der Waals surface area contributed by atoms with E-state index in [9.17, 15) is 18.0 Å². The predicted molar refractivity (Wildman–Crippen MR) is 92.8 cm³/mol. The molecule has 3 rings (SSSR count). The molecular formula is C18H18ClF3N2O. The van der Waals surface area contributed by atoms with Gasteiger partial charge >= 0.3 is 6.18 Å². The first-order valence-electron chi connectivity index (χ1n) is 7.62. The number of anilines is 1. The maximum Gasteiger partial charge on any atom is 0.416 e. The third-order valence-electron chi connectivity index (χ3n) is 4.39. The SMILES string of the molecule is Cl.Nc1cccc(C(=O)NCC2(c3cccc(C(F)(F)F)c3)CC2)c1. The minimum atomic E-state index is -4.36. The third kappa shape index (κ3) is 4.25. The van der Waals surface area contributed by atoms with Gasteiger partial charge in [0.15, 0.2) is 0 Å². The standard InChI is InChI=1S/C18H17F3N2O.ClH/c19-18(20,21)14-5-2-4-13(10-14)17(7-8-17)11-23-16(24)12-3-1-6-15(22)9-12;/h1-6,9-10H,7-8,11,22H2,(H,23,24);1H. The van der Waals surface area contributed by atoms with E-state index in [1.54, 1.807) is 30.3 Å². The summed E-state index contributed by atoms with van der Waals surface area (Å²) in [5, 5.41) is 2.81. The number of carbonyl (C=O) groups excluding carboxylic acids is 1. The lowest BCUT2D eigenvalue weighted by molar-refractivity contribution is -0.137. The number of hydrogen-bond donors (Lipinski definition) is 2. The van der Waals surface area contributed by atoms with E-state index in [1.165, 1.54) is 12.1 Å². The number of halogens is 4. The molecule has 0 radical (unpaired) electrons. The van der Waals surface area contributed by atoms with Crippen molar-refractivity contribution in [2.75, 3.05) is 12.3 Å². The number of alkyl halides is 3. The van der Waals surface area contributed by atoms with Crippen LogP contribution in [-0.2, 0) is 11.6 Å². The number of hydrogen-bond acceptors (Lipinski definition) is 2. The van der Waals surface area contributed by atoms with Crippen LogP contribution in [0.1, 0.15) is 34.3 Å². The molecule has 2 aromatic rings. The summed E-state index contributed by atoms with van der Waals surface area (Å²) in [6.45, 7) is 0.307. The molecule has 0 aliphatic heterocycles. The van der Waals surface area contributed by atoms with E-state index in [0.29, 0.717) is 23.4 Å². The fraction of sp³-hybridized carbons (Fsp3) is 0.278. The lowest BCUT2D eigenvalue weighted by Crippen LogP contribution is -2.32. The molecule has 2 aromatic carbocycles. The number of amides is 1. The van der Waals surface area contributed by atoms with Gasteiger partial charge in [-0.05, 0) is 42.7 Å². The van der Waals surface area contributed by atoms with Crippen molar-refractivity contribution in [2.24, 2.45) is 0 Å². The van der Waals surface area contributed by atoms with Crippen LogP contribution in [0.15, 0.2) is 48.5 Å². The largest absolute Gasteiger partial charge is 0.416 e. The number of carbonyl (C=O) groups is 1. The first-order valence-corrected chi connectivity index (χ1v) is 7.62. The Balaban J connectivity index is 0.00000225. The summed E-state index contributed by atoms with van der Waals surface area (Å²) in [5.41, 5.74) is 6.13. The van der Waals surface area contributed by atoms with Crippen molar-refractivity contribution >= 4 is 24.0 Å². The molecule has 1 saturated carbocycles. The number of nitrogens with one attached hydrogen (secondary N) is 1. The van der Waals surface area contributed by atoms with Gasteiger partial charge < -0.3 is 11.1 Å². The lowest BCUT2D eigenvalue weighted by atomic mass is 9.94. The maximum atomic E-state index is 12.9. The molecule has 0 unspecified atom stereocenters. The Morgan fingerprint density at radius 3 is 2.40 bits per heavy atom. The van der Waals surface area contributed by atoms with Crippen LogP contribution in [0.2, 0.25) is 0 Å². The van der Waals surface area contributed by atoms with Gasteiger partial charge in [0.25, 0.3) is 5.91 Å². The topological polar surface area (TPSA) is 55.1 Å². The van der Waals surface area contributed by atoms with Crippen molar-refractivity contribution in [1.82, 2.24) is 5.32 Å². The highest BCUT2D eigenvalue weighted by Gasteiger charge is 2.45. The Morgan fingerprint density at radius 2 is 1.80 bits per heavy atom. The average molecular weight is 371 g/mol. The van der Waals surface area contributed by atoms with Crippen LogP contribution >= 0.6 is 12.4 Å². The quantitative estimate of drug-likeness (QED) is 0.793. The van der Waals surface area contributed by atoms with Gasteiger partial charge in [-0.3, -0.25) is 4.79 Å². The van der Waals surface area contributed by atoms with Gasteiger partial charge in [-0.25, -0.2) is 0 Å². The number of benzene rings is 2. The summed E-state index contributed by atoms with van der Waals surface area (Å²) in [6.07, 6.45) is -2.85. The van der Waals surface area contributed by atoms with Crippen LogP contribution in [0.5, 0.6) is 0 Å². The zero-order chi connectivity index (χ0) is 17.4. The Morgan fingerprint density at radius 1 is 1.12 bits per heavy atom. The number of nitrogen functional groups attached to an aromatic ring is 1. The predicted octanol–water partition coefficient (Wildman–Crippen LogP) is 4.17. The average Bonchev–Trinajstić information content (AvgIpc) is 3.33. The normalized spacial score (nSPS) is 15.2. The van der Waals surface area contributed by atoms with Crippen LogP contribution in [0.3, 0.4) is 0 Å². The fourth-order valence-electron chi connectivity index (χ4n) is 2.78. The molecule has 0 spiro atoms. The molecule has 3 N–H and O–H groups in total. The Labute approximate surface area is 149 Å². The minimum absolute atomic E-state index is 0. The number of rotatable bonds is 4. The Bertz CT molecular complexity index is 773. The lowest BCUT2D eigenvalue weighted by Gasteiger charge is -2.18. The Kier molecular flexibility index (Phi) is 5.32. The maximum absolute atomic E-state index is 12.9. The van der Waals surface area contributed by atoms with Crippen molar-refractivity contribution in [3.63, 3.8) is 0 Å². The molecule has 1 fully saturated rings. The molecule has 1 aliphatic rings. The van der Waals surface area contributed by atoms with Crippen LogP contribution in [0.25, 0.3) is 0 Å². The van der Waals surface area contributed by atoms with E-state index in [4.69, 9.17) is 5.73 Å². The van der Waals surface area contributed by atoms with Gasteiger partial charge in [0, 0.05) is 23.2 Å². The summed E-state index contributed by atoms with van der Waals surface area (Å²) in [7, 11) is 0. The highest BCUT2D eigenvalue weighted by Crippen LogP contribution is 2.48. The first-order chi connectivity index (χ1) is 11.3. The first kappa shape index (κ1) is 19.1. The summed E-state index contributed by atoms with van der Waals surface area (Å²) in [4.78, 5) is 12.2. The molecule has 0 bridgehead atoms. The second-order valence-corrected chi connectivity index (χ2v) is 6.17. The van der Waals surface area contributed by atoms with Crippen molar-refractivity contribution in [1.29, 1.82) is 0 Å². The third-order valence-corrected chi connectivity index (χ3v) is 4.39. The molecule has 0 heterocycles. The highest BCUT2D eigenvalue weighted by molar-refractivity contribution is 5.95. The van der Waals surface area contributed by atoms with Gasteiger partial charge in [0.2, 0.25) is 0 Å². The van der Waals surface area contributed by atoms with Crippen LogP contribution in [0.4, 0.5) is 18.9 Å². The molecule has 0 atom stereocenters. The summed E-state index contributed by atoms with van der Waals surface area (Å²) in [5.74, 6) is -0.277. The van der Waals surface area contributed by atoms with Gasteiger partial charge in [-0.15, -0.1) is 12.4 Å². The van der Waals surface area contributed by atoms with E-state index in [1.807, 2.05) is 0 Å². The van der Waals surface area contributed by atoms with Gasteiger partial charge in [0.1, 0.15) is 0 Å². The second kappa shape index (κ2) is 6.96. The van der Waals surface area contributed by atoms with Gasteiger partial charge in [0.05, 0.1) is 5.56 Å². The van der Waals surface area contributed by atoms with Crippen molar-refractivity contribution in [3.05, 3.63) is 65.2 Å². The monoisotopic (exact) mass is 370 g/mol. The molecule has 0 aromatic heterocycles. The van der Waals surface area contributed by atoms with Gasteiger partial charge in [-0.2, -0.15) is 13.2 Å². The second-order valence-electron chi connectivity index (χ2n) is 6.17. The highest BCUT2D eigenvalue weighted by atomic mass is 35.5. The molecule has 7 heteroatoms. The fourth-order valence-corrected chi connectivity index (χ4v) is 2.78. The molecule has 1 amide bonds. The van der Waals surface area contributed by atoms with E-state index < -0.39 is 17.2 Å². The summed E-state index contributed by atoms with van der Waals surface area (Å²) < 4.78 is 38.6. The number of nitrogens with two attached hydrogens (primary N) is 1. The molecule has 3 nitrogen and oxygen atoms in total. The molecule has 1 aliphatic carbocycles. The van der Waals surface area contributed by atoms with Crippen LogP contribution in [0, 0.1) is 0 Å². The van der Waals surface area contributed by atoms with Crippen molar-refractivity contribution in [3.8, 4) is 0 Å². The Hall–Kier alpha value is -2.21. The summed E-state index contributed by atoms with van der Waals surface area (Å²) >= 11 is 0. The zero-order valence-electron chi connectivity index (χ0n) is 13.3. The van der Waals surface area contributed by atoms with E-state index in [-0.39, 0.29) is 18.3 Å². The van der Waals surface area contributed by atoms with Crippen molar-refractivity contribution in [2.45, 2.75) is 24.4 Å². The molecule has 0 saturated heterocycles. The molecule has 25 heavy (non-hydrogen) atoms. The van der Waals surface area contributed by atoms with E-state index >= 15 is 0 Å². The molecular weight excluding hydrogens is 353 g/mol. The molecule has 134 valence electrons.